The minimum Gasteiger partial charge on any atom is -0.390 e. The van der Waals surface area contributed by atoms with E-state index in [1.807, 2.05) is 24.3 Å². The van der Waals surface area contributed by atoms with E-state index in [0.717, 1.165) is 22.7 Å². The van der Waals surface area contributed by atoms with Crippen LogP contribution < -0.4 is 5.32 Å². The van der Waals surface area contributed by atoms with Gasteiger partial charge in [-0.3, -0.25) is 4.79 Å². The fraction of sp³-hybridized carbons (Fsp3) is 0.308. The zero-order valence-electron chi connectivity index (χ0n) is 10.3. The number of fused-ring (bicyclic) bond motifs is 1. The first-order valence-corrected chi connectivity index (χ1v) is 6.80. The highest BCUT2D eigenvalue weighted by atomic mass is 32.1. The van der Waals surface area contributed by atoms with E-state index in [0.29, 0.717) is 17.0 Å². The highest BCUT2D eigenvalue weighted by Crippen LogP contribution is 2.31. The van der Waals surface area contributed by atoms with Crippen LogP contribution in [0.4, 0.5) is 0 Å². The SMILES string of the molecule is Cc1nnsc1C(=O)N[C@@H]1c2ccccc2C[C@@H]1O. The lowest BCUT2D eigenvalue weighted by atomic mass is 10.1. The Balaban J connectivity index is 1.84. The van der Waals surface area contributed by atoms with Crippen molar-refractivity contribution in [3.8, 4) is 0 Å². The van der Waals surface area contributed by atoms with Gasteiger partial charge in [-0.05, 0) is 29.6 Å². The monoisotopic (exact) mass is 275 g/mol. The Morgan fingerprint density at radius 2 is 2.26 bits per heavy atom. The van der Waals surface area contributed by atoms with Crippen molar-refractivity contribution >= 4 is 17.4 Å². The molecule has 3 rings (SSSR count). The second-order valence-electron chi connectivity index (χ2n) is 4.61. The van der Waals surface area contributed by atoms with Gasteiger partial charge in [0.2, 0.25) is 0 Å². The van der Waals surface area contributed by atoms with Crippen molar-refractivity contribution in [2.45, 2.75) is 25.5 Å². The fourth-order valence-corrected chi connectivity index (χ4v) is 2.95. The number of aromatic nitrogens is 2. The van der Waals surface area contributed by atoms with E-state index in [9.17, 15) is 9.90 Å². The maximum atomic E-state index is 12.1. The zero-order chi connectivity index (χ0) is 13.4. The molecular formula is C13H13N3O2S. The van der Waals surface area contributed by atoms with Gasteiger partial charge in [0.05, 0.1) is 17.8 Å². The van der Waals surface area contributed by atoms with Crippen LogP contribution in [-0.2, 0) is 6.42 Å². The van der Waals surface area contributed by atoms with Gasteiger partial charge < -0.3 is 10.4 Å². The van der Waals surface area contributed by atoms with Crippen LogP contribution in [0.5, 0.6) is 0 Å². The number of aliphatic hydroxyl groups excluding tert-OH is 1. The van der Waals surface area contributed by atoms with Crippen molar-refractivity contribution in [2.75, 3.05) is 0 Å². The van der Waals surface area contributed by atoms with Crippen LogP contribution in [0.15, 0.2) is 24.3 Å². The lowest BCUT2D eigenvalue weighted by molar-refractivity contribution is 0.0861. The third kappa shape index (κ3) is 2.13. The van der Waals surface area contributed by atoms with Crippen LogP contribution in [-0.4, -0.2) is 26.7 Å². The van der Waals surface area contributed by atoms with Crippen molar-refractivity contribution in [2.24, 2.45) is 0 Å². The molecule has 2 aromatic rings. The number of benzene rings is 1. The number of rotatable bonds is 2. The first-order valence-electron chi connectivity index (χ1n) is 6.02. The first-order chi connectivity index (χ1) is 9.16. The number of hydrogen-bond acceptors (Lipinski definition) is 5. The number of aryl methyl sites for hydroxylation is 1. The summed E-state index contributed by atoms with van der Waals surface area (Å²) < 4.78 is 3.75. The largest absolute Gasteiger partial charge is 0.390 e. The quantitative estimate of drug-likeness (QED) is 0.864. The van der Waals surface area contributed by atoms with Gasteiger partial charge >= 0.3 is 0 Å². The number of nitrogens with one attached hydrogen (secondary N) is 1. The Kier molecular flexibility index (Phi) is 3.04. The molecule has 2 N–H and O–H groups in total. The van der Waals surface area contributed by atoms with Gasteiger partial charge in [-0.2, -0.15) is 0 Å². The fourth-order valence-electron chi connectivity index (χ4n) is 2.39. The lowest BCUT2D eigenvalue weighted by Gasteiger charge is -2.17. The molecule has 1 aliphatic rings. The molecule has 0 bridgehead atoms. The second kappa shape index (κ2) is 4.71. The topological polar surface area (TPSA) is 75.1 Å². The van der Waals surface area contributed by atoms with Crippen molar-refractivity contribution < 1.29 is 9.90 Å². The molecule has 98 valence electrons. The first kappa shape index (κ1) is 12.3. The number of amides is 1. The molecule has 0 radical (unpaired) electrons. The van der Waals surface area contributed by atoms with E-state index < -0.39 is 6.10 Å². The van der Waals surface area contributed by atoms with E-state index in [1.54, 1.807) is 6.92 Å². The molecule has 1 aromatic carbocycles. The summed E-state index contributed by atoms with van der Waals surface area (Å²) in [6.45, 7) is 1.75. The van der Waals surface area contributed by atoms with E-state index in [-0.39, 0.29) is 11.9 Å². The van der Waals surface area contributed by atoms with Crippen molar-refractivity contribution in [1.29, 1.82) is 0 Å². The van der Waals surface area contributed by atoms with Crippen molar-refractivity contribution in [1.82, 2.24) is 14.9 Å². The molecule has 0 unspecified atom stereocenters. The van der Waals surface area contributed by atoms with Gasteiger partial charge in [0, 0.05) is 6.42 Å². The van der Waals surface area contributed by atoms with Crippen LogP contribution in [0.1, 0.15) is 32.5 Å². The zero-order valence-corrected chi connectivity index (χ0v) is 11.1. The molecule has 19 heavy (non-hydrogen) atoms. The second-order valence-corrected chi connectivity index (χ2v) is 5.36. The molecule has 2 atom stereocenters. The summed E-state index contributed by atoms with van der Waals surface area (Å²) in [6, 6.07) is 7.41. The van der Waals surface area contributed by atoms with Crippen LogP contribution in [0, 0.1) is 6.92 Å². The van der Waals surface area contributed by atoms with Gasteiger partial charge in [-0.15, -0.1) is 5.10 Å². The van der Waals surface area contributed by atoms with Crippen LogP contribution in [0.3, 0.4) is 0 Å². The van der Waals surface area contributed by atoms with Gasteiger partial charge in [0.25, 0.3) is 5.91 Å². The maximum Gasteiger partial charge on any atom is 0.265 e. The summed E-state index contributed by atoms with van der Waals surface area (Å²) in [5, 5.41) is 16.8. The molecule has 0 fully saturated rings. The van der Waals surface area contributed by atoms with E-state index in [4.69, 9.17) is 0 Å². The standard InChI is InChI=1S/C13H13N3O2S/c1-7-12(19-16-15-7)13(18)14-11-9-5-3-2-4-8(9)6-10(11)17/h2-5,10-11,17H,6H2,1H3,(H,14,18)/t10-,11+/m0/s1. The molecular weight excluding hydrogens is 262 g/mol. The molecule has 0 spiro atoms. The predicted octanol–water partition coefficient (Wildman–Crippen LogP) is 1.23. The van der Waals surface area contributed by atoms with Crippen molar-refractivity contribution in [3.63, 3.8) is 0 Å². The summed E-state index contributed by atoms with van der Waals surface area (Å²) in [6.07, 6.45) is -0.0105. The molecule has 6 heteroatoms. The van der Waals surface area contributed by atoms with E-state index in [2.05, 4.69) is 14.9 Å². The maximum absolute atomic E-state index is 12.1. The van der Waals surface area contributed by atoms with Gasteiger partial charge in [0.15, 0.2) is 0 Å². The summed E-state index contributed by atoms with van der Waals surface area (Å²) >= 11 is 1.07. The molecule has 1 aliphatic carbocycles. The number of aliphatic hydroxyl groups is 1. The van der Waals surface area contributed by atoms with E-state index in [1.165, 1.54) is 0 Å². The summed E-state index contributed by atoms with van der Waals surface area (Å²) in [7, 11) is 0. The summed E-state index contributed by atoms with van der Waals surface area (Å²) in [5.74, 6) is -0.228. The number of hydrogen-bond donors (Lipinski definition) is 2. The summed E-state index contributed by atoms with van der Waals surface area (Å²) in [5.41, 5.74) is 2.68. The van der Waals surface area contributed by atoms with Crippen LogP contribution >= 0.6 is 11.5 Å². The minimum absolute atomic E-state index is 0.228. The van der Waals surface area contributed by atoms with Crippen LogP contribution in [0.25, 0.3) is 0 Å². The van der Waals surface area contributed by atoms with Crippen LogP contribution in [0.2, 0.25) is 0 Å². The Morgan fingerprint density at radius 3 is 3.00 bits per heavy atom. The third-order valence-corrected chi connectivity index (χ3v) is 4.18. The number of nitrogens with zero attached hydrogens (tertiary/aromatic N) is 2. The normalized spacial score (nSPS) is 21.2. The molecule has 0 saturated carbocycles. The molecule has 5 nitrogen and oxygen atoms in total. The molecule has 0 saturated heterocycles. The molecule has 1 heterocycles. The number of carbonyl (C=O) groups excluding carboxylic acids is 1. The summed E-state index contributed by atoms with van der Waals surface area (Å²) in [4.78, 5) is 12.6. The highest BCUT2D eigenvalue weighted by Gasteiger charge is 2.32. The average molecular weight is 275 g/mol. The number of carbonyl (C=O) groups is 1. The van der Waals surface area contributed by atoms with Crippen molar-refractivity contribution in [3.05, 3.63) is 46.0 Å². The van der Waals surface area contributed by atoms with Gasteiger partial charge in [-0.1, -0.05) is 28.8 Å². The lowest BCUT2D eigenvalue weighted by Crippen LogP contribution is -2.33. The predicted molar refractivity (Wildman–Crippen MR) is 71.0 cm³/mol. The Labute approximate surface area is 114 Å². The Hall–Kier alpha value is -1.79. The molecule has 1 aromatic heterocycles. The third-order valence-electron chi connectivity index (χ3n) is 3.35. The van der Waals surface area contributed by atoms with Gasteiger partial charge in [-0.25, -0.2) is 0 Å². The smallest absolute Gasteiger partial charge is 0.265 e. The average Bonchev–Trinajstić information content (AvgIpc) is 2.94. The molecule has 1 amide bonds. The minimum atomic E-state index is -0.581. The molecule has 0 aliphatic heterocycles. The highest BCUT2D eigenvalue weighted by molar-refractivity contribution is 7.08. The van der Waals surface area contributed by atoms with E-state index >= 15 is 0 Å². The Morgan fingerprint density at radius 1 is 1.47 bits per heavy atom. The Bertz CT molecular complexity index is 626. The van der Waals surface area contributed by atoms with Gasteiger partial charge in [0.1, 0.15) is 4.88 Å².